The molecule has 0 rings (SSSR count). The van der Waals surface area contributed by atoms with E-state index in [1.165, 1.54) is 103 Å². The highest BCUT2D eigenvalue weighted by atomic mass is 14.2. The van der Waals surface area contributed by atoms with E-state index in [1.807, 2.05) is 0 Å². The van der Waals surface area contributed by atoms with Gasteiger partial charge in [0.1, 0.15) is 0 Å². The molecule has 0 unspecified atom stereocenters. The number of nitrogens with zero attached hydrogens (tertiary/aromatic N) is 1. The third-order valence-corrected chi connectivity index (χ3v) is 4.74. The Kier molecular flexibility index (Phi) is 18.6. The Hall–Kier alpha value is -0.770. The average molecular weight is 320 g/mol. The minimum absolute atomic E-state index is 0.742. The largest absolute Gasteiger partial charge is 0.193 e. The molecule has 1 heteroatoms. The zero-order valence-corrected chi connectivity index (χ0v) is 15.9. The van der Waals surface area contributed by atoms with Gasteiger partial charge in [0.2, 0.25) is 0 Å². The summed E-state index contributed by atoms with van der Waals surface area (Å²) in [6.45, 7) is 6.01. The van der Waals surface area contributed by atoms with E-state index < -0.39 is 0 Å². The molecule has 0 aromatic rings. The highest BCUT2D eigenvalue weighted by Gasteiger charge is 1.95. The maximum Gasteiger partial charge on any atom is 0.0940 e. The lowest BCUT2D eigenvalue weighted by atomic mass is 10.0. The quantitative estimate of drug-likeness (QED) is 0.185. The summed E-state index contributed by atoms with van der Waals surface area (Å²) in [4.78, 5) is 0. The van der Waals surface area contributed by atoms with Gasteiger partial charge in [-0.3, -0.25) is 0 Å². The summed E-state index contributed by atoms with van der Waals surface area (Å²) in [7, 11) is 0. The lowest BCUT2D eigenvalue weighted by Gasteiger charge is -2.03. The van der Waals surface area contributed by atoms with Crippen LogP contribution in [0.4, 0.5) is 0 Å². The highest BCUT2D eigenvalue weighted by Crippen LogP contribution is 2.14. The van der Waals surface area contributed by atoms with Gasteiger partial charge in [0.25, 0.3) is 0 Å². The van der Waals surface area contributed by atoms with Crippen LogP contribution in [0.25, 0.3) is 0 Å². The molecule has 0 aliphatic rings. The van der Waals surface area contributed by atoms with E-state index in [0.717, 1.165) is 18.4 Å². The molecule has 0 bridgehead atoms. The molecule has 0 aromatic carbocycles. The van der Waals surface area contributed by atoms with Gasteiger partial charge in [-0.15, -0.1) is 0 Å². The molecule has 0 saturated heterocycles. The Balaban J connectivity index is 3.00. The van der Waals surface area contributed by atoms with Crippen molar-refractivity contribution in [1.29, 1.82) is 5.26 Å². The summed E-state index contributed by atoms with van der Waals surface area (Å²) in [6, 6.07) is 2.13. The zero-order valence-electron chi connectivity index (χ0n) is 15.9. The molecular weight excluding hydrogens is 278 g/mol. The molecule has 1 nitrogen and oxygen atoms in total. The fourth-order valence-corrected chi connectivity index (χ4v) is 3.12. The van der Waals surface area contributed by atoms with Crippen molar-refractivity contribution in [3.05, 3.63) is 12.2 Å². The number of nitriles is 1. The Bertz CT molecular complexity index is 287. The monoisotopic (exact) mass is 319 g/mol. The molecule has 0 saturated carbocycles. The highest BCUT2D eigenvalue weighted by molar-refractivity contribution is 5.14. The minimum atomic E-state index is 0.742. The molecule has 0 atom stereocenters. The fraction of sp³-hybridized carbons (Fsp3) is 0.864. The second-order valence-corrected chi connectivity index (χ2v) is 7.12. The van der Waals surface area contributed by atoms with Crippen molar-refractivity contribution in [2.24, 2.45) is 0 Å². The van der Waals surface area contributed by atoms with Gasteiger partial charge in [0.05, 0.1) is 6.07 Å². The number of allylic oxidation sites excluding steroid dienone is 1. The molecule has 134 valence electrons. The summed E-state index contributed by atoms with van der Waals surface area (Å²) in [6.07, 6.45) is 24.7. The topological polar surface area (TPSA) is 23.8 Å². The van der Waals surface area contributed by atoms with Crippen LogP contribution in [0, 0.1) is 11.3 Å². The Labute approximate surface area is 146 Å². The molecule has 0 fully saturated rings. The first kappa shape index (κ1) is 22.2. The van der Waals surface area contributed by atoms with Crippen LogP contribution in [0.3, 0.4) is 0 Å². The molecule has 0 amide bonds. The Morgan fingerprint density at radius 3 is 1.22 bits per heavy atom. The average Bonchev–Trinajstić information content (AvgIpc) is 2.57. The van der Waals surface area contributed by atoms with Crippen LogP contribution >= 0.6 is 0 Å². The van der Waals surface area contributed by atoms with Crippen molar-refractivity contribution in [3.63, 3.8) is 0 Å². The van der Waals surface area contributed by atoms with Crippen LogP contribution in [0.5, 0.6) is 0 Å². The summed E-state index contributed by atoms with van der Waals surface area (Å²) >= 11 is 0. The Morgan fingerprint density at radius 1 is 0.609 bits per heavy atom. The normalized spacial score (nSPS) is 10.6. The molecule has 0 aliphatic heterocycles. The first-order valence-corrected chi connectivity index (χ1v) is 10.4. The predicted octanol–water partition coefficient (Wildman–Crippen LogP) is 8.11. The summed E-state index contributed by atoms with van der Waals surface area (Å²) in [5, 5.41) is 8.62. The van der Waals surface area contributed by atoms with E-state index in [2.05, 4.69) is 19.6 Å². The zero-order chi connectivity index (χ0) is 17.0. The standard InChI is InChI=1S/C22H41N/c1-3-4-5-6-7-8-9-10-11-12-13-14-15-16-17-18-19-20-22(2)21-23/h2-20H2,1H3. The van der Waals surface area contributed by atoms with Crippen molar-refractivity contribution >= 4 is 0 Å². The fourth-order valence-electron chi connectivity index (χ4n) is 3.12. The van der Waals surface area contributed by atoms with Crippen molar-refractivity contribution in [2.75, 3.05) is 0 Å². The molecule has 0 aliphatic carbocycles. The van der Waals surface area contributed by atoms with E-state index in [-0.39, 0.29) is 0 Å². The number of unbranched alkanes of at least 4 members (excludes halogenated alkanes) is 16. The number of hydrogen-bond acceptors (Lipinski definition) is 1. The first-order valence-electron chi connectivity index (χ1n) is 10.4. The summed E-state index contributed by atoms with van der Waals surface area (Å²) < 4.78 is 0. The van der Waals surface area contributed by atoms with Crippen LogP contribution in [0.1, 0.15) is 122 Å². The molecule has 0 radical (unpaired) electrons. The van der Waals surface area contributed by atoms with E-state index in [1.54, 1.807) is 0 Å². The lowest BCUT2D eigenvalue weighted by molar-refractivity contribution is 0.527. The molecule has 0 heterocycles. The molecule has 23 heavy (non-hydrogen) atoms. The summed E-state index contributed by atoms with van der Waals surface area (Å²) in [5.41, 5.74) is 0.742. The first-order chi connectivity index (χ1) is 11.3. The number of rotatable bonds is 18. The van der Waals surface area contributed by atoms with Crippen molar-refractivity contribution in [2.45, 2.75) is 122 Å². The maximum atomic E-state index is 8.62. The van der Waals surface area contributed by atoms with Crippen molar-refractivity contribution < 1.29 is 0 Å². The van der Waals surface area contributed by atoms with Crippen molar-refractivity contribution in [3.8, 4) is 6.07 Å². The second-order valence-electron chi connectivity index (χ2n) is 7.12. The Morgan fingerprint density at radius 2 is 0.913 bits per heavy atom. The minimum Gasteiger partial charge on any atom is -0.193 e. The smallest absolute Gasteiger partial charge is 0.0940 e. The van der Waals surface area contributed by atoms with Crippen molar-refractivity contribution in [1.82, 2.24) is 0 Å². The third kappa shape index (κ3) is 19.2. The van der Waals surface area contributed by atoms with Gasteiger partial charge < -0.3 is 0 Å². The van der Waals surface area contributed by atoms with Crippen LogP contribution in [0.2, 0.25) is 0 Å². The van der Waals surface area contributed by atoms with Crippen LogP contribution in [-0.2, 0) is 0 Å². The van der Waals surface area contributed by atoms with Gasteiger partial charge in [-0.1, -0.05) is 116 Å². The van der Waals surface area contributed by atoms with E-state index >= 15 is 0 Å². The molecule has 0 N–H and O–H groups in total. The van der Waals surface area contributed by atoms with Gasteiger partial charge in [0.15, 0.2) is 0 Å². The summed E-state index contributed by atoms with van der Waals surface area (Å²) in [5.74, 6) is 0. The van der Waals surface area contributed by atoms with Crippen LogP contribution < -0.4 is 0 Å². The lowest BCUT2D eigenvalue weighted by Crippen LogP contribution is -1.84. The van der Waals surface area contributed by atoms with Gasteiger partial charge in [-0.25, -0.2) is 0 Å². The van der Waals surface area contributed by atoms with Crippen LogP contribution in [-0.4, -0.2) is 0 Å². The van der Waals surface area contributed by atoms with Gasteiger partial charge >= 0.3 is 0 Å². The van der Waals surface area contributed by atoms with Gasteiger partial charge in [0, 0.05) is 5.57 Å². The second kappa shape index (κ2) is 19.3. The van der Waals surface area contributed by atoms with Crippen LogP contribution in [0.15, 0.2) is 12.2 Å². The SMILES string of the molecule is C=C(C#N)CCCCCCCCCCCCCCCCCCC. The third-order valence-electron chi connectivity index (χ3n) is 4.74. The molecular formula is C22H41N. The number of hydrogen-bond donors (Lipinski definition) is 0. The van der Waals surface area contributed by atoms with E-state index in [4.69, 9.17) is 5.26 Å². The van der Waals surface area contributed by atoms with Gasteiger partial charge in [-0.05, 0) is 12.8 Å². The van der Waals surface area contributed by atoms with E-state index in [9.17, 15) is 0 Å². The van der Waals surface area contributed by atoms with E-state index in [0.29, 0.717) is 0 Å². The maximum absolute atomic E-state index is 8.62. The van der Waals surface area contributed by atoms with Gasteiger partial charge in [-0.2, -0.15) is 5.26 Å². The molecule has 0 spiro atoms. The molecule has 0 aromatic heterocycles. The predicted molar refractivity (Wildman–Crippen MR) is 104 cm³/mol.